The number of hydrogen-bond donors (Lipinski definition) is 1. The van der Waals surface area contributed by atoms with E-state index in [1.165, 1.54) is 4.90 Å². The summed E-state index contributed by atoms with van der Waals surface area (Å²) < 4.78 is 5.23. The summed E-state index contributed by atoms with van der Waals surface area (Å²) in [6.45, 7) is 7.45. The standard InChI is InChI=1S/C24H26N2O4/c1-5-30-24(29)22-17(4)26(19-11-9-15(2)10-12-19)21(27)14-20(22)23(28)25-18-8-6-7-16(3)13-18/h6-13,20H,5,14H2,1-4H3,(H,25,28). The Morgan fingerprint density at radius 2 is 1.77 bits per heavy atom. The fourth-order valence-corrected chi connectivity index (χ4v) is 3.63. The van der Waals surface area contributed by atoms with Crippen LogP contribution in [0.5, 0.6) is 0 Å². The summed E-state index contributed by atoms with van der Waals surface area (Å²) in [7, 11) is 0. The molecule has 6 heteroatoms. The Balaban J connectivity index is 2.00. The van der Waals surface area contributed by atoms with E-state index in [4.69, 9.17) is 4.74 Å². The van der Waals surface area contributed by atoms with Crippen LogP contribution in [0, 0.1) is 19.8 Å². The second-order valence-electron chi connectivity index (χ2n) is 7.40. The highest BCUT2D eigenvalue weighted by molar-refractivity contribution is 6.10. The van der Waals surface area contributed by atoms with Crippen LogP contribution in [0.2, 0.25) is 0 Å². The van der Waals surface area contributed by atoms with Crippen molar-refractivity contribution in [3.8, 4) is 0 Å². The average molecular weight is 406 g/mol. The van der Waals surface area contributed by atoms with Gasteiger partial charge >= 0.3 is 5.97 Å². The molecule has 0 saturated heterocycles. The fourth-order valence-electron chi connectivity index (χ4n) is 3.63. The van der Waals surface area contributed by atoms with Gasteiger partial charge in [0.2, 0.25) is 11.8 Å². The number of anilines is 2. The summed E-state index contributed by atoms with van der Waals surface area (Å²) in [5, 5.41) is 2.83. The molecule has 0 fully saturated rings. The predicted molar refractivity (Wildman–Crippen MR) is 116 cm³/mol. The van der Waals surface area contributed by atoms with E-state index >= 15 is 0 Å². The van der Waals surface area contributed by atoms with Crippen molar-refractivity contribution >= 4 is 29.2 Å². The molecule has 1 N–H and O–H groups in total. The maximum atomic E-state index is 13.1. The minimum Gasteiger partial charge on any atom is -0.463 e. The fraction of sp³-hybridized carbons (Fsp3) is 0.292. The third-order valence-electron chi connectivity index (χ3n) is 5.09. The van der Waals surface area contributed by atoms with Crippen molar-refractivity contribution in [2.24, 2.45) is 5.92 Å². The van der Waals surface area contributed by atoms with Gasteiger partial charge in [-0.1, -0.05) is 29.8 Å². The van der Waals surface area contributed by atoms with E-state index in [2.05, 4.69) is 5.32 Å². The molecule has 6 nitrogen and oxygen atoms in total. The number of rotatable bonds is 5. The minimum atomic E-state index is -0.918. The first-order valence-corrected chi connectivity index (χ1v) is 9.96. The van der Waals surface area contributed by atoms with Gasteiger partial charge in [-0.25, -0.2) is 4.79 Å². The Kier molecular flexibility index (Phi) is 6.35. The first-order chi connectivity index (χ1) is 14.3. The van der Waals surface area contributed by atoms with Crippen LogP contribution in [0.25, 0.3) is 0 Å². The van der Waals surface area contributed by atoms with Gasteiger partial charge in [-0.15, -0.1) is 0 Å². The number of benzene rings is 2. The molecule has 3 rings (SSSR count). The lowest BCUT2D eigenvalue weighted by Gasteiger charge is -2.33. The summed E-state index contributed by atoms with van der Waals surface area (Å²) in [6.07, 6.45) is -0.114. The third-order valence-corrected chi connectivity index (χ3v) is 5.09. The summed E-state index contributed by atoms with van der Waals surface area (Å²) >= 11 is 0. The number of carbonyl (C=O) groups excluding carboxylic acids is 3. The summed E-state index contributed by atoms with van der Waals surface area (Å²) in [5.74, 6) is -2.14. The van der Waals surface area contributed by atoms with Crippen LogP contribution in [-0.4, -0.2) is 24.4 Å². The van der Waals surface area contributed by atoms with Crippen LogP contribution in [0.3, 0.4) is 0 Å². The number of nitrogens with zero attached hydrogens (tertiary/aromatic N) is 1. The number of hydrogen-bond acceptors (Lipinski definition) is 4. The Hall–Kier alpha value is -3.41. The van der Waals surface area contributed by atoms with Crippen LogP contribution in [0.4, 0.5) is 11.4 Å². The Morgan fingerprint density at radius 1 is 1.07 bits per heavy atom. The molecule has 1 heterocycles. The molecule has 1 aliphatic heterocycles. The average Bonchev–Trinajstić information content (AvgIpc) is 2.69. The van der Waals surface area contributed by atoms with Crippen molar-refractivity contribution in [1.29, 1.82) is 0 Å². The van der Waals surface area contributed by atoms with E-state index in [0.717, 1.165) is 11.1 Å². The Bertz CT molecular complexity index is 1010. The van der Waals surface area contributed by atoms with E-state index < -0.39 is 17.8 Å². The first kappa shape index (κ1) is 21.3. The number of allylic oxidation sites excluding steroid dienone is 1. The molecule has 2 aromatic rings. The molecule has 30 heavy (non-hydrogen) atoms. The number of amides is 2. The molecule has 1 aliphatic rings. The molecule has 0 radical (unpaired) electrons. The molecule has 0 saturated carbocycles. The van der Waals surface area contributed by atoms with Gasteiger partial charge in [0.25, 0.3) is 0 Å². The molecule has 0 bridgehead atoms. The van der Waals surface area contributed by atoms with E-state index in [0.29, 0.717) is 17.1 Å². The lowest BCUT2D eigenvalue weighted by molar-refractivity contribution is -0.141. The van der Waals surface area contributed by atoms with Gasteiger partial charge in [0, 0.05) is 23.5 Å². The maximum Gasteiger partial charge on any atom is 0.336 e. The van der Waals surface area contributed by atoms with Gasteiger partial charge in [-0.05, 0) is 57.5 Å². The van der Waals surface area contributed by atoms with Crippen LogP contribution in [-0.2, 0) is 19.1 Å². The van der Waals surface area contributed by atoms with Crippen molar-refractivity contribution in [3.63, 3.8) is 0 Å². The molecule has 1 atom stereocenters. The quantitative estimate of drug-likeness (QED) is 0.758. The number of aryl methyl sites for hydroxylation is 2. The zero-order valence-electron chi connectivity index (χ0n) is 17.7. The number of ether oxygens (including phenoxy) is 1. The van der Waals surface area contributed by atoms with Gasteiger partial charge in [-0.2, -0.15) is 0 Å². The molecule has 0 aliphatic carbocycles. The molecular formula is C24H26N2O4. The van der Waals surface area contributed by atoms with E-state index in [9.17, 15) is 14.4 Å². The van der Waals surface area contributed by atoms with E-state index in [1.54, 1.807) is 19.9 Å². The lowest BCUT2D eigenvalue weighted by Crippen LogP contribution is -2.43. The topological polar surface area (TPSA) is 75.7 Å². The monoisotopic (exact) mass is 406 g/mol. The normalized spacial score (nSPS) is 16.5. The molecular weight excluding hydrogens is 380 g/mol. The minimum absolute atomic E-state index is 0.114. The SMILES string of the molecule is CCOC(=O)C1=C(C)N(c2ccc(C)cc2)C(=O)CC1C(=O)Nc1cccc(C)c1. The Labute approximate surface area is 176 Å². The van der Waals surface area contributed by atoms with Crippen molar-refractivity contribution in [1.82, 2.24) is 0 Å². The van der Waals surface area contributed by atoms with Crippen molar-refractivity contribution in [2.75, 3.05) is 16.8 Å². The molecule has 0 aromatic heterocycles. The Morgan fingerprint density at radius 3 is 2.40 bits per heavy atom. The van der Waals surface area contributed by atoms with Gasteiger partial charge in [0.05, 0.1) is 18.1 Å². The summed E-state index contributed by atoms with van der Waals surface area (Å²) in [4.78, 5) is 40.3. The molecule has 156 valence electrons. The highest BCUT2D eigenvalue weighted by Crippen LogP contribution is 2.34. The van der Waals surface area contributed by atoms with E-state index in [-0.39, 0.29) is 24.5 Å². The van der Waals surface area contributed by atoms with Crippen molar-refractivity contribution in [3.05, 3.63) is 70.9 Å². The first-order valence-electron chi connectivity index (χ1n) is 9.96. The van der Waals surface area contributed by atoms with Crippen LogP contribution in [0.15, 0.2) is 59.8 Å². The zero-order valence-corrected chi connectivity index (χ0v) is 17.7. The molecule has 2 aromatic carbocycles. The van der Waals surface area contributed by atoms with Crippen LogP contribution in [0.1, 0.15) is 31.4 Å². The highest BCUT2D eigenvalue weighted by Gasteiger charge is 2.40. The number of nitrogens with one attached hydrogen (secondary N) is 1. The van der Waals surface area contributed by atoms with Crippen LogP contribution < -0.4 is 10.2 Å². The summed E-state index contributed by atoms with van der Waals surface area (Å²) in [5.41, 5.74) is 3.96. The molecule has 0 spiro atoms. The third kappa shape index (κ3) is 4.43. The van der Waals surface area contributed by atoms with Gasteiger partial charge in [-0.3, -0.25) is 14.5 Å². The largest absolute Gasteiger partial charge is 0.463 e. The predicted octanol–water partition coefficient (Wildman–Crippen LogP) is 4.13. The maximum absolute atomic E-state index is 13.1. The second-order valence-corrected chi connectivity index (χ2v) is 7.40. The smallest absolute Gasteiger partial charge is 0.336 e. The molecule has 2 amide bonds. The summed E-state index contributed by atoms with van der Waals surface area (Å²) in [6, 6.07) is 14.8. The van der Waals surface area contributed by atoms with Crippen molar-refractivity contribution in [2.45, 2.75) is 34.1 Å². The van der Waals surface area contributed by atoms with E-state index in [1.807, 2.05) is 56.3 Å². The van der Waals surface area contributed by atoms with Gasteiger partial charge in [0.15, 0.2) is 0 Å². The second kappa shape index (κ2) is 8.95. The van der Waals surface area contributed by atoms with Crippen molar-refractivity contribution < 1.29 is 19.1 Å². The number of esters is 1. The molecule has 1 unspecified atom stereocenters. The zero-order chi connectivity index (χ0) is 21.8. The van der Waals surface area contributed by atoms with Crippen LogP contribution >= 0.6 is 0 Å². The highest BCUT2D eigenvalue weighted by atomic mass is 16.5. The number of carbonyl (C=O) groups is 3. The van der Waals surface area contributed by atoms with Gasteiger partial charge in [0.1, 0.15) is 0 Å². The lowest BCUT2D eigenvalue weighted by atomic mass is 9.88. The van der Waals surface area contributed by atoms with Gasteiger partial charge < -0.3 is 10.1 Å².